The second-order valence-corrected chi connectivity index (χ2v) is 7.14. The van der Waals surface area contributed by atoms with Crippen LogP contribution in [0.1, 0.15) is 10.5 Å². The molecule has 0 amide bonds. The Balaban J connectivity index is 2.15. The number of sulfonamides is 1. The molecule has 8 nitrogen and oxygen atoms in total. The van der Waals surface area contributed by atoms with Crippen LogP contribution in [-0.4, -0.2) is 38.7 Å². The van der Waals surface area contributed by atoms with E-state index < -0.39 is 27.5 Å². The second-order valence-electron chi connectivity index (χ2n) is 5.49. The number of anilines is 1. The molecule has 1 aromatic heterocycles. The first-order chi connectivity index (χ1) is 12.8. The second kappa shape index (κ2) is 6.80. The number of rotatable bonds is 6. The van der Waals surface area contributed by atoms with Crippen LogP contribution in [0.3, 0.4) is 0 Å². The number of carboxylic acids is 1. The summed E-state index contributed by atoms with van der Waals surface area (Å²) in [5.41, 5.74) is -0.408. The van der Waals surface area contributed by atoms with Crippen LogP contribution >= 0.6 is 0 Å². The van der Waals surface area contributed by atoms with Gasteiger partial charge < -0.3 is 19.6 Å². The molecule has 0 aliphatic heterocycles. The van der Waals surface area contributed by atoms with Crippen LogP contribution in [0.25, 0.3) is 10.9 Å². The topological polar surface area (TPSA) is 118 Å². The summed E-state index contributed by atoms with van der Waals surface area (Å²) < 4.78 is 51.7. The number of aromatic amines is 1. The van der Waals surface area contributed by atoms with Crippen LogP contribution in [0.4, 0.5) is 10.1 Å². The van der Waals surface area contributed by atoms with Gasteiger partial charge in [-0.15, -0.1) is 0 Å². The van der Waals surface area contributed by atoms with Crippen LogP contribution in [0.2, 0.25) is 0 Å². The molecule has 2 aromatic carbocycles. The van der Waals surface area contributed by atoms with E-state index in [9.17, 15) is 22.7 Å². The minimum absolute atomic E-state index is 0.00440. The molecule has 0 saturated carbocycles. The number of hydrogen-bond donors (Lipinski definition) is 3. The molecular weight excluding hydrogens is 379 g/mol. The summed E-state index contributed by atoms with van der Waals surface area (Å²) in [4.78, 5) is 13.8. The summed E-state index contributed by atoms with van der Waals surface area (Å²) in [5, 5.41) is 9.46. The van der Waals surface area contributed by atoms with E-state index in [1.807, 2.05) is 0 Å². The predicted molar refractivity (Wildman–Crippen MR) is 95.6 cm³/mol. The van der Waals surface area contributed by atoms with Crippen LogP contribution < -0.4 is 14.2 Å². The maximum atomic E-state index is 13.6. The highest BCUT2D eigenvalue weighted by Crippen LogP contribution is 2.34. The lowest BCUT2D eigenvalue weighted by Gasteiger charge is -2.13. The molecule has 0 bridgehead atoms. The van der Waals surface area contributed by atoms with Crippen molar-refractivity contribution >= 4 is 32.6 Å². The molecule has 3 aromatic rings. The lowest BCUT2D eigenvalue weighted by molar-refractivity contribution is 0.0692. The Morgan fingerprint density at radius 2 is 1.89 bits per heavy atom. The van der Waals surface area contributed by atoms with Crippen molar-refractivity contribution in [2.75, 3.05) is 18.9 Å². The number of methoxy groups -OCH3 is 2. The number of fused-ring (bicyclic) bond motifs is 1. The van der Waals surface area contributed by atoms with Crippen molar-refractivity contribution in [3.05, 3.63) is 47.9 Å². The number of carbonyl (C=O) groups is 1. The third kappa shape index (κ3) is 3.38. The van der Waals surface area contributed by atoms with Crippen LogP contribution in [-0.2, 0) is 10.0 Å². The van der Waals surface area contributed by atoms with E-state index >= 15 is 0 Å². The Bertz CT molecular complexity index is 1140. The molecule has 0 aliphatic carbocycles. The molecule has 27 heavy (non-hydrogen) atoms. The number of H-pyrrole nitrogens is 1. The van der Waals surface area contributed by atoms with Gasteiger partial charge in [-0.3, -0.25) is 4.72 Å². The minimum Gasteiger partial charge on any atom is -0.497 e. The number of benzene rings is 2. The molecule has 0 unspecified atom stereocenters. The highest BCUT2D eigenvalue weighted by atomic mass is 32.2. The van der Waals surface area contributed by atoms with Crippen molar-refractivity contribution in [2.24, 2.45) is 0 Å². The maximum Gasteiger partial charge on any atom is 0.354 e. The van der Waals surface area contributed by atoms with Gasteiger partial charge in [0.05, 0.1) is 19.9 Å². The molecule has 0 saturated heterocycles. The van der Waals surface area contributed by atoms with E-state index in [-0.39, 0.29) is 27.2 Å². The van der Waals surface area contributed by atoms with Gasteiger partial charge in [0, 0.05) is 17.0 Å². The van der Waals surface area contributed by atoms with Gasteiger partial charge in [-0.05, 0) is 30.3 Å². The number of aromatic nitrogens is 1. The van der Waals surface area contributed by atoms with E-state index in [4.69, 9.17) is 9.47 Å². The molecule has 3 rings (SSSR count). The third-order valence-electron chi connectivity index (χ3n) is 3.87. The van der Waals surface area contributed by atoms with Crippen LogP contribution in [0.15, 0.2) is 41.3 Å². The summed E-state index contributed by atoms with van der Waals surface area (Å²) in [6.07, 6.45) is 0. The van der Waals surface area contributed by atoms with Crippen molar-refractivity contribution in [3.63, 3.8) is 0 Å². The largest absolute Gasteiger partial charge is 0.497 e. The fraction of sp³-hybridized carbons (Fsp3) is 0.118. The quantitative estimate of drug-likeness (QED) is 0.592. The zero-order chi connectivity index (χ0) is 19.8. The fourth-order valence-electron chi connectivity index (χ4n) is 2.62. The van der Waals surface area contributed by atoms with E-state index in [2.05, 4.69) is 9.71 Å². The summed E-state index contributed by atoms with van der Waals surface area (Å²) in [7, 11) is -1.54. The first-order valence-corrected chi connectivity index (χ1v) is 9.04. The average molecular weight is 394 g/mol. The molecule has 0 radical (unpaired) electrons. The van der Waals surface area contributed by atoms with Crippen molar-refractivity contribution in [2.45, 2.75) is 4.90 Å². The number of carboxylic acid groups (broad SMARTS) is 1. The highest BCUT2D eigenvalue weighted by molar-refractivity contribution is 7.92. The number of nitrogens with one attached hydrogen (secondary N) is 2. The Hall–Kier alpha value is -3.27. The summed E-state index contributed by atoms with van der Waals surface area (Å²) >= 11 is 0. The van der Waals surface area contributed by atoms with Crippen molar-refractivity contribution in [1.82, 2.24) is 4.98 Å². The number of halogens is 1. The molecule has 3 N–H and O–H groups in total. The number of ether oxygens (including phenoxy) is 2. The van der Waals surface area contributed by atoms with Gasteiger partial charge in [-0.2, -0.15) is 0 Å². The van der Waals surface area contributed by atoms with Crippen LogP contribution in [0, 0.1) is 5.82 Å². The molecule has 0 fully saturated rings. The summed E-state index contributed by atoms with van der Waals surface area (Å²) in [6.45, 7) is 0. The van der Waals surface area contributed by atoms with Gasteiger partial charge >= 0.3 is 5.97 Å². The van der Waals surface area contributed by atoms with Gasteiger partial charge in [0.2, 0.25) is 0 Å². The predicted octanol–water partition coefficient (Wildman–Crippen LogP) is 2.82. The zero-order valence-electron chi connectivity index (χ0n) is 14.2. The van der Waals surface area contributed by atoms with Gasteiger partial charge in [0.25, 0.3) is 10.0 Å². The molecular formula is C17H15FN2O6S. The fourth-order valence-corrected chi connectivity index (χ4v) is 3.86. The first kappa shape index (κ1) is 18.5. The van der Waals surface area contributed by atoms with Crippen molar-refractivity contribution in [1.29, 1.82) is 0 Å². The maximum absolute atomic E-state index is 13.6. The average Bonchev–Trinajstić information content (AvgIpc) is 2.98. The third-order valence-corrected chi connectivity index (χ3v) is 5.26. The lowest BCUT2D eigenvalue weighted by Crippen LogP contribution is -2.16. The summed E-state index contributed by atoms with van der Waals surface area (Å²) in [6, 6.07) is 7.56. The Morgan fingerprint density at radius 1 is 1.15 bits per heavy atom. The molecule has 1 heterocycles. The van der Waals surface area contributed by atoms with Gasteiger partial charge in [0.1, 0.15) is 27.9 Å². The molecule has 10 heteroatoms. The molecule has 142 valence electrons. The molecule has 0 atom stereocenters. The molecule has 0 aliphatic rings. The van der Waals surface area contributed by atoms with Gasteiger partial charge in [-0.25, -0.2) is 17.6 Å². The zero-order valence-corrected chi connectivity index (χ0v) is 15.1. The Labute approximate surface area is 153 Å². The lowest BCUT2D eigenvalue weighted by atomic mass is 10.2. The van der Waals surface area contributed by atoms with Crippen molar-refractivity contribution < 1.29 is 32.2 Å². The van der Waals surface area contributed by atoms with E-state index in [1.54, 1.807) is 0 Å². The number of hydrogen-bond acceptors (Lipinski definition) is 5. The standard InChI is InChI=1S/C17H15FN2O6S/c1-25-10-4-6-14(13(8-10)26-2)27(23,24)20-15-11-7-9(18)3-5-12(11)19-16(15)17(21)22/h3-8,19-20H,1-2H3,(H,21,22). The van der Waals surface area contributed by atoms with Crippen LogP contribution in [0.5, 0.6) is 11.5 Å². The normalized spacial score (nSPS) is 11.4. The van der Waals surface area contributed by atoms with E-state index in [0.29, 0.717) is 5.75 Å². The highest BCUT2D eigenvalue weighted by Gasteiger charge is 2.26. The van der Waals surface area contributed by atoms with Crippen molar-refractivity contribution in [3.8, 4) is 11.5 Å². The van der Waals surface area contributed by atoms with Gasteiger partial charge in [-0.1, -0.05) is 0 Å². The number of aromatic carboxylic acids is 1. The Kier molecular flexibility index (Phi) is 4.66. The van der Waals surface area contributed by atoms with E-state index in [0.717, 1.165) is 12.1 Å². The van der Waals surface area contributed by atoms with E-state index in [1.165, 1.54) is 38.5 Å². The summed E-state index contributed by atoms with van der Waals surface area (Å²) in [5.74, 6) is -1.65. The SMILES string of the molecule is COc1ccc(S(=O)(=O)Nc2c(C(=O)O)[nH]c3ccc(F)cc23)c(OC)c1. The Morgan fingerprint density at radius 3 is 2.52 bits per heavy atom. The van der Waals surface area contributed by atoms with Gasteiger partial charge in [0.15, 0.2) is 0 Å². The first-order valence-electron chi connectivity index (χ1n) is 7.56. The smallest absolute Gasteiger partial charge is 0.354 e. The monoisotopic (exact) mass is 394 g/mol. The minimum atomic E-state index is -4.25. The molecule has 0 spiro atoms.